The number of hydrogen-bond acceptors (Lipinski definition) is 4. The second kappa shape index (κ2) is 9.61. The zero-order valence-electron chi connectivity index (χ0n) is 18.4. The molecule has 2 aromatic heterocycles. The smallest absolute Gasteiger partial charge is 0.347 e. The van der Waals surface area contributed by atoms with Gasteiger partial charge in [0.1, 0.15) is 5.69 Å². The number of likely N-dealkylation sites (tertiary alicyclic amines) is 1. The molecule has 7 nitrogen and oxygen atoms in total. The molecular weight excluding hydrogens is 471 g/mol. The first kappa shape index (κ1) is 24.0. The lowest BCUT2D eigenvalue weighted by atomic mass is 9.89. The summed E-state index contributed by atoms with van der Waals surface area (Å²) in [4.78, 5) is 33.7. The van der Waals surface area contributed by atoms with Crippen molar-refractivity contribution in [3.8, 4) is 0 Å². The zero-order chi connectivity index (χ0) is 24.5. The number of aromatic nitrogens is 3. The third kappa shape index (κ3) is 5.01. The van der Waals surface area contributed by atoms with E-state index in [1.165, 1.54) is 6.20 Å². The average molecular weight is 494 g/mol. The van der Waals surface area contributed by atoms with E-state index >= 15 is 0 Å². The number of aryl methyl sites for hydroxylation is 1. The number of imidazole rings is 1. The Bertz CT molecular complexity index is 1200. The topological polar surface area (TPSA) is 79.6 Å². The normalized spacial score (nSPS) is 15.0. The molecule has 0 unspecified atom stereocenters. The predicted octanol–water partition coefficient (Wildman–Crippen LogP) is 4.14. The van der Waals surface area contributed by atoms with Gasteiger partial charge in [-0.1, -0.05) is 42.8 Å². The first-order chi connectivity index (χ1) is 16.2. The molecule has 1 aromatic carbocycles. The fraction of sp³-hybridized carbons (Fsp3) is 0.391. The maximum Gasteiger partial charge on any atom is 0.471 e. The highest BCUT2D eigenvalue weighted by molar-refractivity contribution is 6.30. The minimum absolute atomic E-state index is 0.0821. The van der Waals surface area contributed by atoms with Crippen molar-refractivity contribution in [2.75, 3.05) is 13.1 Å². The molecule has 3 aromatic rings. The summed E-state index contributed by atoms with van der Waals surface area (Å²) >= 11 is 6.03. The highest BCUT2D eigenvalue weighted by atomic mass is 35.5. The highest BCUT2D eigenvalue weighted by Gasteiger charge is 2.43. The molecule has 2 amide bonds. The number of nitrogens with zero attached hydrogens (tertiary/aromatic N) is 4. The lowest BCUT2D eigenvalue weighted by molar-refractivity contribution is -0.186. The van der Waals surface area contributed by atoms with Gasteiger partial charge in [0, 0.05) is 25.8 Å². The van der Waals surface area contributed by atoms with Crippen LogP contribution in [-0.2, 0) is 17.8 Å². The van der Waals surface area contributed by atoms with E-state index in [2.05, 4.69) is 15.3 Å². The number of halogens is 4. The van der Waals surface area contributed by atoms with Gasteiger partial charge in [-0.05, 0) is 36.3 Å². The fourth-order valence-corrected chi connectivity index (χ4v) is 4.36. The molecule has 0 radical (unpaired) electrons. The van der Waals surface area contributed by atoms with Gasteiger partial charge in [0.25, 0.3) is 5.91 Å². The number of alkyl halides is 3. The van der Waals surface area contributed by atoms with Gasteiger partial charge in [-0.15, -0.1) is 0 Å². The Morgan fingerprint density at radius 2 is 1.85 bits per heavy atom. The number of carbonyl (C=O) groups is 2. The van der Waals surface area contributed by atoms with Crippen LogP contribution >= 0.6 is 11.6 Å². The molecule has 0 spiro atoms. The number of amides is 2. The van der Waals surface area contributed by atoms with Crippen LogP contribution in [0.25, 0.3) is 5.78 Å². The Balaban J connectivity index is 1.37. The number of nitrogens with one attached hydrogen (secondary N) is 1. The van der Waals surface area contributed by atoms with Crippen LogP contribution in [0.2, 0.25) is 5.02 Å². The molecule has 34 heavy (non-hydrogen) atoms. The van der Waals surface area contributed by atoms with Crippen LogP contribution in [0.15, 0.2) is 36.7 Å². The van der Waals surface area contributed by atoms with Crippen molar-refractivity contribution in [3.63, 3.8) is 0 Å². The fourth-order valence-electron chi connectivity index (χ4n) is 4.21. The number of hydrogen-bond donors (Lipinski definition) is 1. The molecule has 0 atom stereocenters. The third-order valence-corrected chi connectivity index (χ3v) is 6.19. The molecule has 180 valence electrons. The van der Waals surface area contributed by atoms with Crippen LogP contribution in [0.5, 0.6) is 0 Å². The molecule has 1 N–H and O–H groups in total. The maximum atomic E-state index is 12.9. The van der Waals surface area contributed by atoms with E-state index < -0.39 is 12.1 Å². The lowest BCUT2D eigenvalue weighted by Crippen LogP contribution is -2.45. The van der Waals surface area contributed by atoms with E-state index in [1.807, 2.05) is 31.2 Å². The van der Waals surface area contributed by atoms with Crippen LogP contribution in [0.1, 0.15) is 53.0 Å². The zero-order valence-corrected chi connectivity index (χ0v) is 19.2. The molecule has 1 aliphatic rings. The second-order valence-corrected chi connectivity index (χ2v) is 8.63. The summed E-state index contributed by atoms with van der Waals surface area (Å²) < 4.78 is 39.4. The van der Waals surface area contributed by atoms with Crippen molar-refractivity contribution >= 4 is 29.2 Å². The Morgan fingerprint density at radius 1 is 1.18 bits per heavy atom. The summed E-state index contributed by atoms with van der Waals surface area (Å²) in [5.41, 5.74) is 2.90. The van der Waals surface area contributed by atoms with Gasteiger partial charge >= 0.3 is 12.1 Å². The first-order valence-corrected chi connectivity index (χ1v) is 11.3. The van der Waals surface area contributed by atoms with Crippen molar-refractivity contribution in [2.24, 2.45) is 0 Å². The third-order valence-electron chi connectivity index (χ3n) is 6.00. The van der Waals surface area contributed by atoms with E-state index in [1.54, 1.807) is 10.6 Å². The van der Waals surface area contributed by atoms with E-state index in [4.69, 9.17) is 11.6 Å². The summed E-state index contributed by atoms with van der Waals surface area (Å²) in [7, 11) is 0. The van der Waals surface area contributed by atoms with Gasteiger partial charge in [-0.3, -0.25) is 14.0 Å². The minimum Gasteiger partial charge on any atom is -0.347 e. The molecule has 0 saturated carbocycles. The quantitative estimate of drug-likeness (QED) is 0.579. The summed E-state index contributed by atoms with van der Waals surface area (Å²) in [6, 6.07) is 7.61. The van der Waals surface area contributed by atoms with E-state index in [-0.39, 0.29) is 24.9 Å². The SMILES string of the molecule is CCc1nc2ncc(Cl)cn2c1C(=O)NCc1ccc(C2CCN(C(=O)C(F)(F)F)CC2)cc1. The number of piperidine rings is 1. The largest absolute Gasteiger partial charge is 0.471 e. The molecule has 1 fully saturated rings. The number of rotatable bonds is 5. The van der Waals surface area contributed by atoms with E-state index in [0.29, 0.717) is 48.0 Å². The molecule has 11 heteroatoms. The van der Waals surface area contributed by atoms with Crippen molar-refractivity contribution in [2.45, 2.75) is 44.8 Å². The number of fused-ring (bicyclic) bond motifs is 1. The van der Waals surface area contributed by atoms with Gasteiger partial charge in [0.05, 0.1) is 16.9 Å². The Morgan fingerprint density at radius 3 is 2.47 bits per heavy atom. The minimum atomic E-state index is -4.83. The Labute approximate surface area is 198 Å². The molecule has 3 heterocycles. The van der Waals surface area contributed by atoms with Gasteiger partial charge in [0.15, 0.2) is 0 Å². The number of benzene rings is 1. The van der Waals surface area contributed by atoms with Crippen molar-refractivity contribution in [1.29, 1.82) is 0 Å². The molecule has 4 rings (SSSR count). The molecule has 1 aliphatic heterocycles. The van der Waals surface area contributed by atoms with Crippen LogP contribution < -0.4 is 5.32 Å². The van der Waals surface area contributed by atoms with Crippen LogP contribution in [0.3, 0.4) is 0 Å². The summed E-state index contributed by atoms with van der Waals surface area (Å²) in [6.45, 7) is 2.36. The monoisotopic (exact) mass is 493 g/mol. The van der Waals surface area contributed by atoms with Crippen LogP contribution in [0.4, 0.5) is 13.2 Å². The Kier molecular flexibility index (Phi) is 6.79. The van der Waals surface area contributed by atoms with Gasteiger partial charge in [-0.2, -0.15) is 13.2 Å². The molecule has 0 aliphatic carbocycles. The van der Waals surface area contributed by atoms with Gasteiger partial charge in [0.2, 0.25) is 5.78 Å². The Hall–Kier alpha value is -3.14. The van der Waals surface area contributed by atoms with Crippen molar-refractivity contribution < 1.29 is 22.8 Å². The highest BCUT2D eigenvalue weighted by Crippen LogP contribution is 2.30. The van der Waals surface area contributed by atoms with E-state index in [9.17, 15) is 22.8 Å². The number of carbonyl (C=O) groups excluding carboxylic acids is 2. The summed E-state index contributed by atoms with van der Waals surface area (Å²) in [5, 5.41) is 3.29. The van der Waals surface area contributed by atoms with Gasteiger partial charge < -0.3 is 10.2 Å². The average Bonchev–Trinajstić information content (AvgIpc) is 3.19. The van der Waals surface area contributed by atoms with Gasteiger partial charge in [-0.25, -0.2) is 9.97 Å². The molecule has 0 bridgehead atoms. The standard InChI is InChI=1S/C23H23ClF3N5O2/c1-2-18-19(32-13-17(24)12-29-22(32)30-18)20(33)28-11-14-3-5-15(6-4-14)16-7-9-31(10-8-16)21(34)23(25,26)27/h3-6,12-13,16H,2,7-11H2,1H3,(H,28,33). The molecular formula is C23H23ClF3N5O2. The predicted molar refractivity (Wildman–Crippen MR) is 120 cm³/mol. The summed E-state index contributed by atoms with van der Waals surface area (Å²) in [5.74, 6) is -1.58. The molecule has 1 saturated heterocycles. The van der Waals surface area contributed by atoms with Crippen LogP contribution in [0, 0.1) is 0 Å². The lowest BCUT2D eigenvalue weighted by Gasteiger charge is -2.32. The maximum absolute atomic E-state index is 12.9. The van der Waals surface area contributed by atoms with Crippen molar-refractivity contribution in [1.82, 2.24) is 24.6 Å². The summed E-state index contributed by atoms with van der Waals surface area (Å²) in [6.07, 6.45) is -0.238. The second-order valence-electron chi connectivity index (χ2n) is 8.19. The van der Waals surface area contributed by atoms with Crippen molar-refractivity contribution in [3.05, 3.63) is 64.2 Å². The first-order valence-electron chi connectivity index (χ1n) is 10.9. The van der Waals surface area contributed by atoms with Crippen LogP contribution in [-0.4, -0.2) is 50.3 Å². The van der Waals surface area contributed by atoms with E-state index in [0.717, 1.165) is 16.0 Å².